The molecule has 0 aliphatic rings. The second kappa shape index (κ2) is 5.37. The van der Waals surface area contributed by atoms with Crippen molar-refractivity contribution in [2.24, 2.45) is 4.99 Å². The Kier molecular flexibility index (Phi) is 3.63. The molecule has 0 unspecified atom stereocenters. The first-order valence-electron chi connectivity index (χ1n) is 4.78. The lowest BCUT2D eigenvalue weighted by molar-refractivity contribution is -0.211. The van der Waals surface area contributed by atoms with Gasteiger partial charge in [-0.1, -0.05) is 28.8 Å². The predicted molar refractivity (Wildman–Crippen MR) is 61.7 cm³/mol. The molecule has 0 atom stereocenters. The Hall–Kier alpha value is -2.28. The molecule has 1 aromatic heterocycles. The van der Waals surface area contributed by atoms with E-state index in [0.717, 1.165) is 6.08 Å². The van der Waals surface area contributed by atoms with Gasteiger partial charge >= 0.3 is 0 Å². The van der Waals surface area contributed by atoms with Crippen molar-refractivity contribution in [3.63, 3.8) is 0 Å². The van der Waals surface area contributed by atoms with E-state index >= 15 is 0 Å². The SMILES string of the molecule is [O-]C(/C=C/c1c(F)cccc1Cl)=Nc1nn[nH]n1. The van der Waals surface area contributed by atoms with Gasteiger partial charge in [0.2, 0.25) is 0 Å². The minimum absolute atomic E-state index is 0.0933. The van der Waals surface area contributed by atoms with Gasteiger partial charge in [0.15, 0.2) is 0 Å². The number of benzene rings is 1. The molecule has 2 rings (SSSR count). The van der Waals surface area contributed by atoms with E-state index in [-0.39, 0.29) is 16.5 Å². The van der Waals surface area contributed by atoms with Gasteiger partial charge < -0.3 is 5.11 Å². The summed E-state index contributed by atoms with van der Waals surface area (Å²) in [5, 5.41) is 23.9. The zero-order valence-electron chi connectivity index (χ0n) is 8.84. The average Bonchev–Trinajstić information content (AvgIpc) is 2.81. The predicted octanol–water partition coefficient (Wildman–Crippen LogP) is 1.10. The number of nitrogens with zero attached hydrogens (tertiary/aromatic N) is 4. The number of H-pyrrole nitrogens is 1. The van der Waals surface area contributed by atoms with Crippen LogP contribution in [0.15, 0.2) is 29.3 Å². The van der Waals surface area contributed by atoms with Gasteiger partial charge in [0.1, 0.15) is 5.82 Å². The van der Waals surface area contributed by atoms with Gasteiger partial charge in [-0.05, 0) is 29.3 Å². The van der Waals surface area contributed by atoms with Crippen LogP contribution < -0.4 is 5.11 Å². The third-order valence-electron chi connectivity index (χ3n) is 1.94. The maximum absolute atomic E-state index is 13.4. The standard InChI is InChI=1S/C10H7ClFN5O/c11-7-2-1-3-8(12)6(7)4-5-9(18)13-10-14-16-17-15-10/h1-5H,(H2,13,14,15,16,17,18)/p-1/b5-4+. The molecule has 1 aromatic carbocycles. The summed E-state index contributed by atoms with van der Waals surface area (Å²) in [5.41, 5.74) is 0.121. The summed E-state index contributed by atoms with van der Waals surface area (Å²) in [4.78, 5) is 3.49. The number of nitrogens with one attached hydrogen (secondary N) is 1. The van der Waals surface area contributed by atoms with Gasteiger partial charge in [-0.2, -0.15) is 5.21 Å². The lowest BCUT2D eigenvalue weighted by Gasteiger charge is -2.03. The van der Waals surface area contributed by atoms with Gasteiger partial charge in [0.25, 0.3) is 5.95 Å². The first kappa shape index (κ1) is 12.2. The van der Waals surface area contributed by atoms with Crippen molar-refractivity contribution in [3.05, 3.63) is 40.7 Å². The zero-order chi connectivity index (χ0) is 13.0. The van der Waals surface area contributed by atoms with Gasteiger partial charge in [0, 0.05) is 5.56 Å². The van der Waals surface area contributed by atoms with E-state index in [0.29, 0.717) is 0 Å². The quantitative estimate of drug-likeness (QED) is 0.665. The Morgan fingerprint density at radius 2 is 2.33 bits per heavy atom. The van der Waals surface area contributed by atoms with Crippen molar-refractivity contribution >= 4 is 29.5 Å². The van der Waals surface area contributed by atoms with E-state index in [1.54, 1.807) is 0 Å². The van der Waals surface area contributed by atoms with Crippen LogP contribution in [0.5, 0.6) is 0 Å². The van der Waals surface area contributed by atoms with Crippen LogP contribution in [0, 0.1) is 5.82 Å². The van der Waals surface area contributed by atoms with Crippen LogP contribution in [0.2, 0.25) is 5.02 Å². The van der Waals surface area contributed by atoms with Gasteiger partial charge in [0.05, 0.1) is 5.02 Å². The summed E-state index contributed by atoms with van der Waals surface area (Å²) in [6, 6.07) is 4.23. The lowest BCUT2D eigenvalue weighted by atomic mass is 10.2. The highest BCUT2D eigenvalue weighted by Gasteiger charge is 2.02. The van der Waals surface area contributed by atoms with Gasteiger partial charge in [-0.15, -0.1) is 5.10 Å². The number of aromatic amines is 1. The van der Waals surface area contributed by atoms with Crippen molar-refractivity contribution in [2.45, 2.75) is 0 Å². The maximum atomic E-state index is 13.4. The van der Waals surface area contributed by atoms with Gasteiger partial charge in [-0.3, -0.25) is 0 Å². The van der Waals surface area contributed by atoms with E-state index < -0.39 is 11.7 Å². The molecule has 0 fully saturated rings. The topological polar surface area (TPSA) is 89.9 Å². The highest BCUT2D eigenvalue weighted by Crippen LogP contribution is 2.20. The van der Waals surface area contributed by atoms with Crippen molar-refractivity contribution in [1.82, 2.24) is 20.6 Å². The Balaban J connectivity index is 2.21. The molecule has 2 aromatic rings. The molecule has 6 nitrogen and oxygen atoms in total. The molecule has 0 saturated carbocycles. The van der Waals surface area contributed by atoms with Crippen LogP contribution >= 0.6 is 11.6 Å². The van der Waals surface area contributed by atoms with Crippen LogP contribution in [-0.2, 0) is 0 Å². The average molecular weight is 267 g/mol. The number of tetrazole rings is 1. The van der Waals surface area contributed by atoms with Crippen LogP contribution in [0.1, 0.15) is 5.56 Å². The zero-order valence-corrected chi connectivity index (χ0v) is 9.60. The minimum atomic E-state index is -0.643. The molecule has 0 radical (unpaired) electrons. The molecule has 8 heteroatoms. The summed E-state index contributed by atoms with van der Waals surface area (Å²) < 4.78 is 13.4. The first-order chi connectivity index (χ1) is 8.66. The normalized spacial score (nSPS) is 12.2. The van der Waals surface area contributed by atoms with E-state index in [1.807, 2.05) is 0 Å². The maximum Gasteiger partial charge on any atom is 0.288 e. The van der Waals surface area contributed by atoms with Crippen molar-refractivity contribution in [3.8, 4) is 0 Å². The fourth-order valence-electron chi connectivity index (χ4n) is 1.16. The van der Waals surface area contributed by atoms with E-state index in [2.05, 4.69) is 25.6 Å². The number of hydrogen-bond donors (Lipinski definition) is 1. The molecule has 0 saturated heterocycles. The molecular formula is C10H6ClFN5O-. The Bertz CT molecular complexity index is 576. The monoisotopic (exact) mass is 266 g/mol. The number of hydrogen-bond acceptors (Lipinski definition) is 5. The molecule has 0 spiro atoms. The molecule has 0 aliphatic carbocycles. The fourth-order valence-corrected chi connectivity index (χ4v) is 1.39. The van der Waals surface area contributed by atoms with E-state index in [4.69, 9.17) is 11.6 Å². The third kappa shape index (κ3) is 2.89. The number of rotatable bonds is 3. The molecule has 0 amide bonds. The Labute approximate surface area is 106 Å². The number of aliphatic imine (C=N–C) groups is 1. The number of halogens is 2. The highest BCUT2D eigenvalue weighted by molar-refractivity contribution is 6.32. The summed E-state index contributed by atoms with van der Waals surface area (Å²) in [5.74, 6) is -1.26. The molecular weight excluding hydrogens is 261 g/mol. The number of aromatic nitrogens is 4. The molecule has 92 valence electrons. The minimum Gasteiger partial charge on any atom is -0.859 e. The Morgan fingerprint density at radius 1 is 1.50 bits per heavy atom. The summed E-state index contributed by atoms with van der Waals surface area (Å²) in [6.07, 6.45) is 2.31. The Morgan fingerprint density at radius 3 is 3.00 bits per heavy atom. The molecule has 0 aliphatic heterocycles. The van der Waals surface area contributed by atoms with Crippen LogP contribution in [0.25, 0.3) is 6.08 Å². The summed E-state index contributed by atoms with van der Waals surface area (Å²) >= 11 is 5.78. The largest absolute Gasteiger partial charge is 0.859 e. The lowest BCUT2D eigenvalue weighted by Crippen LogP contribution is -2.13. The van der Waals surface area contributed by atoms with Crippen molar-refractivity contribution < 1.29 is 9.50 Å². The molecule has 1 heterocycles. The fraction of sp³-hybridized carbons (Fsp3) is 0. The van der Waals surface area contributed by atoms with Crippen molar-refractivity contribution in [2.75, 3.05) is 0 Å². The molecule has 1 N–H and O–H groups in total. The van der Waals surface area contributed by atoms with Crippen LogP contribution in [0.3, 0.4) is 0 Å². The highest BCUT2D eigenvalue weighted by atomic mass is 35.5. The van der Waals surface area contributed by atoms with Gasteiger partial charge in [-0.25, -0.2) is 9.38 Å². The summed E-state index contributed by atoms with van der Waals surface area (Å²) in [7, 11) is 0. The van der Waals surface area contributed by atoms with Crippen LogP contribution in [-0.4, -0.2) is 26.5 Å². The van der Waals surface area contributed by atoms with E-state index in [9.17, 15) is 9.50 Å². The summed E-state index contributed by atoms with van der Waals surface area (Å²) in [6.45, 7) is 0. The second-order valence-electron chi connectivity index (χ2n) is 3.13. The second-order valence-corrected chi connectivity index (χ2v) is 3.54. The third-order valence-corrected chi connectivity index (χ3v) is 2.27. The van der Waals surface area contributed by atoms with Crippen LogP contribution in [0.4, 0.5) is 10.3 Å². The smallest absolute Gasteiger partial charge is 0.288 e. The first-order valence-corrected chi connectivity index (χ1v) is 5.16. The van der Waals surface area contributed by atoms with E-state index in [1.165, 1.54) is 24.3 Å². The molecule has 0 bridgehead atoms. The molecule has 18 heavy (non-hydrogen) atoms. The van der Waals surface area contributed by atoms with Crippen molar-refractivity contribution in [1.29, 1.82) is 0 Å².